The number of hydrogen-bond acceptors (Lipinski definition) is 5. The van der Waals surface area contributed by atoms with Crippen LogP contribution in [0.15, 0.2) is 35.1 Å². The van der Waals surface area contributed by atoms with Crippen molar-refractivity contribution in [2.75, 3.05) is 13.1 Å². The molecule has 1 fully saturated rings. The number of aromatic nitrogens is 4. The van der Waals surface area contributed by atoms with Crippen LogP contribution in [-0.2, 0) is 13.7 Å². The molecular weight excluding hydrogens is 360 g/mol. The van der Waals surface area contributed by atoms with Crippen LogP contribution in [-0.4, -0.2) is 36.7 Å². The summed E-state index contributed by atoms with van der Waals surface area (Å²) in [5.74, 6) is 0.444. The molecule has 3 heterocycles. The molecule has 0 N–H and O–H groups in total. The molecule has 0 amide bonds. The van der Waals surface area contributed by atoms with Gasteiger partial charge in [-0.3, -0.25) is 18.7 Å². The van der Waals surface area contributed by atoms with E-state index in [-0.39, 0.29) is 11.1 Å². The second kappa shape index (κ2) is 7.10. The van der Waals surface area contributed by atoms with Crippen molar-refractivity contribution < 1.29 is 0 Å². The van der Waals surface area contributed by atoms with E-state index in [1.54, 1.807) is 16.1 Å². The van der Waals surface area contributed by atoms with E-state index in [0.717, 1.165) is 18.7 Å². The van der Waals surface area contributed by atoms with E-state index in [2.05, 4.69) is 16.1 Å². The van der Waals surface area contributed by atoms with E-state index in [9.17, 15) is 10.1 Å². The maximum atomic E-state index is 12.8. The van der Waals surface area contributed by atoms with Gasteiger partial charge in [-0.25, -0.2) is 4.68 Å². The van der Waals surface area contributed by atoms with Crippen LogP contribution in [0.4, 0.5) is 0 Å². The van der Waals surface area contributed by atoms with Crippen molar-refractivity contribution in [2.45, 2.75) is 25.9 Å². The normalized spacial score (nSPS) is 15.1. The fourth-order valence-corrected chi connectivity index (χ4v) is 3.90. The first kappa shape index (κ1) is 17.6. The quantitative estimate of drug-likeness (QED) is 0.653. The van der Waals surface area contributed by atoms with Crippen molar-refractivity contribution in [1.82, 2.24) is 23.6 Å². The predicted octanol–water partition coefficient (Wildman–Crippen LogP) is 2.55. The minimum Gasteiger partial charge on any atom is -0.284 e. The lowest BCUT2D eigenvalue weighted by atomic mass is 10.1. The van der Waals surface area contributed by atoms with Gasteiger partial charge in [0.05, 0.1) is 12.4 Å². The Hall–Kier alpha value is -2.76. The zero-order valence-corrected chi connectivity index (χ0v) is 15.9. The molecule has 7 nitrogen and oxygen atoms in total. The van der Waals surface area contributed by atoms with E-state index >= 15 is 0 Å². The number of aryl methyl sites for hydroxylation is 1. The van der Waals surface area contributed by atoms with Gasteiger partial charge in [0.2, 0.25) is 10.5 Å². The van der Waals surface area contributed by atoms with E-state index in [0.29, 0.717) is 22.9 Å². The van der Waals surface area contributed by atoms with Crippen LogP contribution in [0.1, 0.15) is 24.8 Å². The van der Waals surface area contributed by atoms with Crippen molar-refractivity contribution in [3.05, 3.63) is 51.0 Å². The van der Waals surface area contributed by atoms with Crippen LogP contribution in [0.3, 0.4) is 0 Å². The summed E-state index contributed by atoms with van der Waals surface area (Å²) < 4.78 is 5.38. The SMILES string of the molecule is Cn1c(=O)c(C#N)c(-c2ccccc2)n2c(=S)n(CN3CCCCC3)nc12. The highest BCUT2D eigenvalue weighted by atomic mass is 32.1. The fourth-order valence-electron chi connectivity index (χ4n) is 3.63. The third-order valence-corrected chi connectivity index (χ3v) is 5.44. The molecule has 0 atom stereocenters. The molecule has 1 aromatic carbocycles. The first-order valence-corrected chi connectivity index (χ1v) is 9.43. The van der Waals surface area contributed by atoms with E-state index in [4.69, 9.17) is 12.2 Å². The summed E-state index contributed by atoms with van der Waals surface area (Å²) in [5.41, 5.74) is 0.982. The molecule has 0 unspecified atom stereocenters. The minimum absolute atomic E-state index is 0.0739. The molecule has 0 bridgehead atoms. The van der Waals surface area contributed by atoms with Crippen LogP contribution >= 0.6 is 12.2 Å². The molecule has 2 aromatic heterocycles. The lowest BCUT2D eigenvalue weighted by molar-refractivity contribution is 0.172. The van der Waals surface area contributed by atoms with Crippen molar-refractivity contribution in [1.29, 1.82) is 5.26 Å². The average molecular weight is 380 g/mol. The number of hydrogen-bond donors (Lipinski definition) is 0. The number of benzene rings is 1. The van der Waals surface area contributed by atoms with Gasteiger partial charge in [-0.1, -0.05) is 36.8 Å². The first-order valence-electron chi connectivity index (χ1n) is 9.02. The lowest BCUT2D eigenvalue weighted by Crippen LogP contribution is -2.32. The molecule has 3 aromatic rings. The third kappa shape index (κ3) is 2.99. The highest BCUT2D eigenvalue weighted by molar-refractivity contribution is 7.71. The Morgan fingerprint density at radius 1 is 1.19 bits per heavy atom. The minimum atomic E-state index is -0.367. The molecule has 1 aliphatic heterocycles. The summed E-state index contributed by atoms with van der Waals surface area (Å²) in [5, 5.41) is 14.3. The number of nitrogens with zero attached hydrogens (tertiary/aromatic N) is 6. The van der Waals surface area contributed by atoms with Gasteiger partial charge >= 0.3 is 0 Å². The van der Waals surface area contributed by atoms with Crippen LogP contribution in [0, 0.1) is 16.1 Å². The summed E-state index contributed by atoms with van der Waals surface area (Å²) in [6.45, 7) is 2.62. The van der Waals surface area contributed by atoms with E-state index in [1.165, 1.54) is 23.8 Å². The third-order valence-electron chi connectivity index (χ3n) is 5.04. The Morgan fingerprint density at radius 3 is 2.56 bits per heavy atom. The Labute approximate surface area is 161 Å². The van der Waals surface area contributed by atoms with Gasteiger partial charge in [0.25, 0.3) is 5.56 Å². The van der Waals surface area contributed by atoms with Gasteiger partial charge in [-0.2, -0.15) is 5.26 Å². The number of nitriles is 1. The molecule has 1 saturated heterocycles. The second-order valence-corrected chi connectivity index (χ2v) is 7.17. The predicted molar refractivity (Wildman–Crippen MR) is 105 cm³/mol. The number of rotatable bonds is 3. The Balaban J connectivity index is 1.98. The maximum absolute atomic E-state index is 12.8. The van der Waals surface area contributed by atoms with Crippen LogP contribution in [0.5, 0.6) is 0 Å². The van der Waals surface area contributed by atoms with Crippen molar-refractivity contribution in [3.63, 3.8) is 0 Å². The van der Waals surface area contributed by atoms with Gasteiger partial charge in [0.15, 0.2) is 0 Å². The van der Waals surface area contributed by atoms with Gasteiger partial charge in [0, 0.05) is 12.6 Å². The second-order valence-electron chi connectivity index (χ2n) is 6.80. The number of fused-ring (bicyclic) bond motifs is 1. The van der Waals surface area contributed by atoms with Gasteiger partial charge in [-0.15, -0.1) is 5.10 Å². The Kier molecular flexibility index (Phi) is 4.64. The number of likely N-dealkylation sites (tertiary alicyclic amines) is 1. The lowest BCUT2D eigenvalue weighted by Gasteiger charge is -2.25. The van der Waals surface area contributed by atoms with E-state index in [1.807, 2.05) is 30.3 Å². The summed E-state index contributed by atoms with van der Waals surface area (Å²) in [6, 6.07) is 11.5. The molecule has 0 spiro atoms. The first-order chi connectivity index (χ1) is 13.1. The van der Waals surface area contributed by atoms with Crippen LogP contribution in [0.2, 0.25) is 0 Å². The van der Waals surface area contributed by atoms with Gasteiger partial charge in [0.1, 0.15) is 11.6 Å². The molecule has 0 radical (unpaired) electrons. The highest BCUT2D eigenvalue weighted by Gasteiger charge is 2.21. The zero-order valence-electron chi connectivity index (χ0n) is 15.1. The molecule has 8 heteroatoms. The van der Waals surface area contributed by atoms with Gasteiger partial charge in [-0.05, 0) is 38.1 Å². The summed E-state index contributed by atoms with van der Waals surface area (Å²) in [4.78, 5) is 15.1. The smallest absolute Gasteiger partial charge is 0.273 e. The standard InChI is InChI=1S/C19H20N6OS/c1-22-17(26)15(12-20)16(14-8-4-2-5-9-14)25-18(22)21-24(19(25)27)13-23-10-6-3-7-11-23/h2,4-5,8-9H,3,6-7,10-11,13H2,1H3. The van der Waals surface area contributed by atoms with Crippen LogP contribution < -0.4 is 5.56 Å². The summed E-state index contributed by atoms with van der Waals surface area (Å²) >= 11 is 5.71. The molecule has 1 aliphatic rings. The topological polar surface area (TPSA) is 71.3 Å². The van der Waals surface area contributed by atoms with Gasteiger partial charge < -0.3 is 0 Å². The molecule has 4 rings (SSSR count). The molecule has 0 aliphatic carbocycles. The van der Waals surface area contributed by atoms with Crippen LogP contribution in [0.25, 0.3) is 17.0 Å². The fraction of sp³-hybridized carbons (Fsp3) is 0.368. The van der Waals surface area contributed by atoms with Crippen molar-refractivity contribution in [3.8, 4) is 17.3 Å². The molecule has 27 heavy (non-hydrogen) atoms. The summed E-state index contributed by atoms with van der Waals surface area (Å²) in [6.07, 6.45) is 3.60. The Morgan fingerprint density at radius 2 is 1.89 bits per heavy atom. The highest BCUT2D eigenvalue weighted by Crippen LogP contribution is 2.23. The molecule has 0 saturated carbocycles. The average Bonchev–Trinajstić information content (AvgIpc) is 3.02. The van der Waals surface area contributed by atoms with E-state index < -0.39 is 0 Å². The monoisotopic (exact) mass is 380 g/mol. The van der Waals surface area contributed by atoms with Crippen molar-refractivity contribution in [2.24, 2.45) is 7.05 Å². The zero-order chi connectivity index (χ0) is 19.0. The summed E-state index contributed by atoms with van der Waals surface area (Å²) in [7, 11) is 1.63. The maximum Gasteiger partial charge on any atom is 0.273 e. The number of piperidine rings is 1. The Bertz CT molecular complexity index is 1150. The molecular formula is C19H20N6OS. The van der Waals surface area contributed by atoms with Crippen molar-refractivity contribution >= 4 is 18.0 Å². The largest absolute Gasteiger partial charge is 0.284 e. The molecule has 138 valence electrons.